The lowest BCUT2D eigenvalue weighted by molar-refractivity contribution is 0.668. The normalized spacial score (nSPS) is 11.8. The van der Waals surface area contributed by atoms with Gasteiger partial charge >= 0.3 is 0 Å². The Morgan fingerprint density at radius 3 is 1.58 bits per heavy atom. The smallest absolute Gasteiger partial charge is 0.164 e. The summed E-state index contributed by atoms with van der Waals surface area (Å²) in [4.78, 5) is 15.0. The number of nitrogens with zero attached hydrogens (tertiary/aromatic N) is 4. The van der Waals surface area contributed by atoms with Gasteiger partial charge in [-0.1, -0.05) is 182 Å². The van der Waals surface area contributed by atoms with E-state index in [1.807, 2.05) is 60.7 Å². The maximum absolute atomic E-state index is 7.11. The highest BCUT2D eigenvalue weighted by Gasteiger charge is 2.21. The van der Waals surface area contributed by atoms with Gasteiger partial charge in [0.25, 0.3) is 0 Å². The van der Waals surface area contributed by atoms with Crippen molar-refractivity contribution < 1.29 is 8.83 Å². The van der Waals surface area contributed by atoms with Crippen molar-refractivity contribution >= 4 is 65.7 Å². The van der Waals surface area contributed by atoms with Crippen molar-refractivity contribution in [1.82, 2.24) is 19.5 Å². The summed E-state index contributed by atoms with van der Waals surface area (Å²) in [6.45, 7) is 0. The maximum Gasteiger partial charge on any atom is 0.164 e. The zero-order chi connectivity index (χ0) is 45.4. The van der Waals surface area contributed by atoms with Crippen LogP contribution in [0.2, 0.25) is 0 Å². The topological polar surface area (TPSA) is 69.9 Å². The van der Waals surface area contributed by atoms with E-state index in [0.717, 1.165) is 99.5 Å². The summed E-state index contributed by atoms with van der Waals surface area (Å²) in [5.41, 5.74) is 15.8. The molecule has 14 aromatic rings. The van der Waals surface area contributed by atoms with Crippen LogP contribution in [0.4, 0.5) is 0 Å². The Balaban J connectivity index is 0.903. The summed E-state index contributed by atoms with van der Waals surface area (Å²) in [6.07, 6.45) is 0. The van der Waals surface area contributed by atoms with Crippen molar-refractivity contribution in [3.8, 4) is 73.2 Å². The molecule has 322 valence electrons. The van der Waals surface area contributed by atoms with Gasteiger partial charge in [0.15, 0.2) is 17.5 Å². The molecule has 10 aromatic carbocycles. The summed E-state index contributed by atoms with van der Waals surface area (Å²) in [7, 11) is 0. The second-order valence-corrected chi connectivity index (χ2v) is 17.5. The number of furan rings is 2. The molecule has 0 aliphatic carbocycles. The van der Waals surface area contributed by atoms with E-state index in [9.17, 15) is 0 Å². The van der Waals surface area contributed by atoms with E-state index < -0.39 is 0 Å². The van der Waals surface area contributed by atoms with E-state index in [1.165, 1.54) is 21.9 Å². The van der Waals surface area contributed by atoms with Gasteiger partial charge in [-0.25, -0.2) is 15.0 Å². The SMILES string of the molecule is c1ccc(-c2ccc3c(c2)c2ccccc2n3-c2ccc3oc4cccc(-c5cccc6c5oc5c(-c7cccc(-c8nc(-c9ccccc9)nc(-c9ccccc9)n8)c7)cccc56)c4c3c2)cc1. The molecule has 0 saturated carbocycles. The average molecular weight is 883 g/mol. The molecule has 4 aromatic heterocycles. The van der Waals surface area contributed by atoms with Crippen LogP contribution in [0.1, 0.15) is 0 Å². The van der Waals surface area contributed by atoms with E-state index >= 15 is 0 Å². The molecule has 0 N–H and O–H groups in total. The molecule has 4 heterocycles. The molecular formula is C63H38N4O2. The highest BCUT2D eigenvalue weighted by molar-refractivity contribution is 6.19. The molecule has 0 bridgehead atoms. The molecule has 0 radical (unpaired) electrons. The first-order chi connectivity index (χ1) is 34.2. The van der Waals surface area contributed by atoms with Crippen molar-refractivity contribution in [1.29, 1.82) is 0 Å². The van der Waals surface area contributed by atoms with Gasteiger partial charge in [-0.2, -0.15) is 0 Å². The molecular weight excluding hydrogens is 845 g/mol. The van der Waals surface area contributed by atoms with E-state index in [1.54, 1.807) is 0 Å². The van der Waals surface area contributed by atoms with Gasteiger partial charge in [-0.05, 0) is 70.8 Å². The fourth-order valence-corrected chi connectivity index (χ4v) is 10.3. The first-order valence-electron chi connectivity index (χ1n) is 23.2. The van der Waals surface area contributed by atoms with Crippen LogP contribution in [-0.2, 0) is 0 Å². The van der Waals surface area contributed by atoms with Gasteiger partial charge in [0.2, 0.25) is 0 Å². The minimum Gasteiger partial charge on any atom is -0.456 e. The lowest BCUT2D eigenvalue weighted by Gasteiger charge is -2.10. The molecule has 0 fully saturated rings. The first-order valence-corrected chi connectivity index (χ1v) is 23.2. The van der Waals surface area contributed by atoms with E-state index in [-0.39, 0.29) is 0 Å². The fourth-order valence-electron chi connectivity index (χ4n) is 10.3. The quantitative estimate of drug-likeness (QED) is 0.159. The number of rotatable bonds is 7. The number of aromatic nitrogens is 4. The number of para-hydroxylation sites is 3. The zero-order valence-electron chi connectivity index (χ0n) is 37.0. The zero-order valence-corrected chi connectivity index (χ0v) is 37.0. The van der Waals surface area contributed by atoms with Gasteiger partial charge in [0, 0.05) is 65.8 Å². The fraction of sp³-hybridized carbons (Fsp3) is 0. The number of hydrogen-bond acceptors (Lipinski definition) is 5. The molecule has 14 rings (SSSR count). The molecule has 0 unspecified atom stereocenters. The Morgan fingerprint density at radius 2 is 0.841 bits per heavy atom. The summed E-state index contributed by atoms with van der Waals surface area (Å²) in [5, 5.41) is 6.60. The van der Waals surface area contributed by atoms with Crippen molar-refractivity contribution in [2.24, 2.45) is 0 Å². The van der Waals surface area contributed by atoms with Gasteiger partial charge in [0.1, 0.15) is 22.3 Å². The molecule has 0 amide bonds. The van der Waals surface area contributed by atoms with Crippen molar-refractivity contribution in [3.05, 3.63) is 231 Å². The van der Waals surface area contributed by atoms with E-state index in [4.69, 9.17) is 23.8 Å². The van der Waals surface area contributed by atoms with Crippen LogP contribution in [-0.4, -0.2) is 19.5 Å². The number of fused-ring (bicyclic) bond motifs is 9. The van der Waals surface area contributed by atoms with Gasteiger partial charge < -0.3 is 13.4 Å². The molecule has 69 heavy (non-hydrogen) atoms. The first kappa shape index (κ1) is 38.8. The minimum absolute atomic E-state index is 0.600. The summed E-state index contributed by atoms with van der Waals surface area (Å²) >= 11 is 0. The van der Waals surface area contributed by atoms with Crippen LogP contribution in [0.5, 0.6) is 0 Å². The Kier molecular flexibility index (Phi) is 8.79. The van der Waals surface area contributed by atoms with E-state index in [2.05, 4.69) is 174 Å². The molecule has 6 heteroatoms. The average Bonchev–Trinajstić information content (AvgIpc) is 4.11. The summed E-state index contributed by atoms with van der Waals surface area (Å²) in [6, 6.07) is 80.3. The Morgan fingerprint density at radius 1 is 0.290 bits per heavy atom. The third-order valence-electron chi connectivity index (χ3n) is 13.5. The highest BCUT2D eigenvalue weighted by atomic mass is 16.3. The third-order valence-corrected chi connectivity index (χ3v) is 13.5. The van der Waals surface area contributed by atoms with Crippen LogP contribution in [0.15, 0.2) is 239 Å². The number of hydrogen-bond donors (Lipinski definition) is 0. The van der Waals surface area contributed by atoms with Gasteiger partial charge in [0.05, 0.1) is 11.0 Å². The molecule has 0 aliphatic rings. The van der Waals surface area contributed by atoms with Gasteiger partial charge in [-0.3, -0.25) is 0 Å². The second-order valence-electron chi connectivity index (χ2n) is 17.5. The van der Waals surface area contributed by atoms with Gasteiger partial charge in [-0.15, -0.1) is 0 Å². The predicted octanol–water partition coefficient (Wildman–Crippen LogP) is 16.8. The summed E-state index contributed by atoms with van der Waals surface area (Å²) < 4.78 is 16.1. The highest BCUT2D eigenvalue weighted by Crippen LogP contribution is 2.45. The molecule has 0 spiro atoms. The van der Waals surface area contributed by atoms with E-state index in [0.29, 0.717) is 17.5 Å². The monoisotopic (exact) mass is 882 g/mol. The molecule has 0 atom stereocenters. The van der Waals surface area contributed by atoms with Crippen molar-refractivity contribution in [2.75, 3.05) is 0 Å². The lowest BCUT2D eigenvalue weighted by Crippen LogP contribution is -2.00. The molecule has 0 aliphatic heterocycles. The largest absolute Gasteiger partial charge is 0.456 e. The second kappa shape index (κ2) is 15.6. The van der Waals surface area contributed by atoms with Crippen LogP contribution < -0.4 is 0 Å². The predicted molar refractivity (Wildman–Crippen MR) is 281 cm³/mol. The standard InChI is InChI=1S/C63H38N4O2/c1-4-16-39(17-5-1)42-32-34-55-52(37-42)47-24-10-11-30-54(47)67(55)45-33-35-56-53(38-45)58-48(26-15-31-57(58)68-56)49-27-14-29-51-50-28-13-25-46(59(50)69-60(49)51)43-22-12-23-44(36-43)63-65-61(40-18-6-2-7-19-40)64-62(66-63)41-20-8-3-9-21-41/h1-38H. The third kappa shape index (κ3) is 6.38. The Hall–Kier alpha value is -9.39. The van der Waals surface area contributed by atoms with Crippen molar-refractivity contribution in [2.45, 2.75) is 0 Å². The Bertz CT molecular complexity index is 4250. The minimum atomic E-state index is 0.600. The molecule has 6 nitrogen and oxygen atoms in total. The molecule has 0 saturated heterocycles. The van der Waals surface area contributed by atoms with Crippen LogP contribution in [0.25, 0.3) is 139 Å². The number of benzene rings is 10. The lowest BCUT2D eigenvalue weighted by atomic mass is 9.96. The Labute approximate surface area is 396 Å². The van der Waals surface area contributed by atoms with Crippen LogP contribution in [0, 0.1) is 0 Å². The maximum atomic E-state index is 7.11. The van der Waals surface area contributed by atoms with Crippen LogP contribution in [0.3, 0.4) is 0 Å². The van der Waals surface area contributed by atoms with Crippen LogP contribution >= 0.6 is 0 Å². The van der Waals surface area contributed by atoms with Crippen molar-refractivity contribution in [3.63, 3.8) is 0 Å². The summed E-state index contributed by atoms with van der Waals surface area (Å²) in [5.74, 6) is 1.85.